The number of halogens is 2. The van der Waals surface area contributed by atoms with Crippen LogP contribution in [0.1, 0.15) is 5.56 Å². The third kappa shape index (κ3) is 5.52. The van der Waals surface area contributed by atoms with Crippen molar-refractivity contribution in [2.24, 2.45) is 0 Å². The van der Waals surface area contributed by atoms with E-state index in [1.165, 1.54) is 12.1 Å². The SMILES string of the molecule is Fc1ccc(COc2cc[c-]cc2)cc1.[Br-].[Mg+2]. The number of rotatable bonds is 3. The zero-order valence-electron chi connectivity index (χ0n) is 9.20. The van der Waals surface area contributed by atoms with Crippen LogP contribution in [0, 0.1) is 11.9 Å². The van der Waals surface area contributed by atoms with Crippen LogP contribution in [0.5, 0.6) is 5.75 Å². The van der Waals surface area contributed by atoms with Crippen molar-refractivity contribution in [2.75, 3.05) is 0 Å². The summed E-state index contributed by atoms with van der Waals surface area (Å²) in [6.45, 7) is 0.449. The molecule has 0 radical (unpaired) electrons. The van der Waals surface area contributed by atoms with Crippen LogP contribution in [0.3, 0.4) is 0 Å². The van der Waals surface area contributed by atoms with Gasteiger partial charge in [0.1, 0.15) is 12.4 Å². The second-order valence-corrected chi connectivity index (χ2v) is 3.15. The smallest absolute Gasteiger partial charge is 1.00 e. The van der Waals surface area contributed by atoms with E-state index in [1.807, 2.05) is 12.1 Å². The summed E-state index contributed by atoms with van der Waals surface area (Å²) in [6, 6.07) is 16.4. The average Bonchev–Trinajstić information content (AvgIpc) is 2.30. The average molecular weight is 305 g/mol. The van der Waals surface area contributed by atoms with Crippen molar-refractivity contribution in [3.8, 4) is 5.75 Å². The summed E-state index contributed by atoms with van der Waals surface area (Å²) < 4.78 is 18.1. The minimum Gasteiger partial charge on any atom is -1.00 e. The van der Waals surface area contributed by atoms with E-state index in [1.54, 1.807) is 24.3 Å². The Kier molecular flexibility index (Phi) is 8.21. The van der Waals surface area contributed by atoms with E-state index < -0.39 is 0 Å². The molecule has 0 aliphatic rings. The maximum Gasteiger partial charge on any atom is 2.00 e. The summed E-state index contributed by atoms with van der Waals surface area (Å²) >= 11 is 0. The third-order valence-corrected chi connectivity index (χ3v) is 2.01. The fourth-order valence-electron chi connectivity index (χ4n) is 1.22. The molecule has 0 aliphatic heterocycles. The fraction of sp³-hybridized carbons (Fsp3) is 0.0769. The monoisotopic (exact) mass is 304 g/mol. The molecule has 0 N–H and O–H groups in total. The molecular formula is C13H10BrFMgO. The largest absolute Gasteiger partial charge is 2.00 e. The molecule has 2 aromatic carbocycles. The molecule has 17 heavy (non-hydrogen) atoms. The normalized spacial score (nSPS) is 8.76. The predicted molar refractivity (Wildman–Crippen MR) is 61.8 cm³/mol. The summed E-state index contributed by atoms with van der Waals surface area (Å²) in [6.07, 6.45) is 0. The Morgan fingerprint density at radius 1 is 1.00 bits per heavy atom. The van der Waals surface area contributed by atoms with Gasteiger partial charge in [-0.2, -0.15) is 18.2 Å². The van der Waals surface area contributed by atoms with E-state index in [-0.39, 0.29) is 45.9 Å². The van der Waals surface area contributed by atoms with Crippen LogP contribution in [-0.4, -0.2) is 23.1 Å². The summed E-state index contributed by atoms with van der Waals surface area (Å²) in [7, 11) is 0. The Morgan fingerprint density at radius 2 is 1.59 bits per heavy atom. The molecule has 0 aromatic heterocycles. The van der Waals surface area contributed by atoms with E-state index >= 15 is 0 Å². The van der Waals surface area contributed by atoms with Crippen LogP contribution in [0.2, 0.25) is 0 Å². The molecule has 0 aliphatic carbocycles. The molecule has 84 valence electrons. The Labute approximate surface area is 127 Å². The van der Waals surface area contributed by atoms with Gasteiger partial charge in [0, 0.05) is 5.75 Å². The summed E-state index contributed by atoms with van der Waals surface area (Å²) in [4.78, 5) is 0. The van der Waals surface area contributed by atoms with Crippen molar-refractivity contribution >= 4 is 23.1 Å². The summed E-state index contributed by atoms with van der Waals surface area (Å²) in [5.74, 6) is 0.561. The van der Waals surface area contributed by atoms with Gasteiger partial charge >= 0.3 is 23.1 Å². The molecule has 2 aromatic rings. The van der Waals surface area contributed by atoms with Crippen molar-refractivity contribution in [3.05, 3.63) is 66.0 Å². The molecule has 0 atom stereocenters. The summed E-state index contributed by atoms with van der Waals surface area (Å²) in [5, 5.41) is 0. The van der Waals surface area contributed by atoms with E-state index in [0.717, 1.165) is 11.3 Å². The van der Waals surface area contributed by atoms with Gasteiger partial charge < -0.3 is 21.7 Å². The van der Waals surface area contributed by atoms with E-state index in [0.29, 0.717) is 6.61 Å². The van der Waals surface area contributed by atoms with Crippen LogP contribution in [0.4, 0.5) is 4.39 Å². The minimum atomic E-state index is -0.229. The predicted octanol–water partition coefficient (Wildman–Crippen LogP) is -0.172. The number of hydrogen-bond donors (Lipinski definition) is 0. The minimum absolute atomic E-state index is 0. The van der Waals surface area contributed by atoms with E-state index in [4.69, 9.17) is 4.74 Å². The van der Waals surface area contributed by atoms with Crippen molar-refractivity contribution in [1.82, 2.24) is 0 Å². The number of benzene rings is 2. The van der Waals surface area contributed by atoms with Crippen LogP contribution in [0.25, 0.3) is 0 Å². The Balaban J connectivity index is 0.00000128. The fourth-order valence-corrected chi connectivity index (χ4v) is 1.22. The molecule has 0 fully saturated rings. The van der Waals surface area contributed by atoms with Gasteiger partial charge in [-0.05, 0) is 17.7 Å². The zero-order chi connectivity index (χ0) is 10.5. The van der Waals surface area contributed by atoms with Crippen LogP contribution in [-0.2, 0) is 6.61 Å². The van der Waals surface area contributed by atoms with Gasteiger partial charge in [-0.15, -0.1) is 12.1 Å². The molecule has 0 saturated carbocycles. The van der Waals surface area contributed by atoms with Crippen molar-refractivity contribution in [1.29, 1.82) is 0 Å². The number of ether oxygens (including phenoxy) is 1. The first-order valence-corrected chi connectivity index (χ1v) is 4.68. The molecule has 0 spiro atoms. The molecule has 2 rings (SSSR count). The van der Waals surface area contributed by atoms with E-state index in [2.05, 4.69) is 6.07 Å². The maximum absolute atomic E-state index is 12.6. The molecular weight excluding hydrogens is 295 g/mol. The molecule has 0 heterocycles. The van der Waals surface area contributed by atoms with Gasteiger partial charge in [-0.25, -0.2) is 4.39 Å². The maximum atomic E-state index is 12.6. The molecule has 1 nitrogen and oxygen atoms in total. The Bertz CT molecular complexity index is 419. The van der Waals surface area contributed by atoms with Gasteiger partial charge in [-0.1, -0.05) is 12.1 Å². The topological polar surface area (TPSA) is 9.23 Å². The van der Waals surface area contributed by atoms with Crippen molar-refractivity contribution < 1.29 is 26.1 Å². The molecule has 4 heteroatoms. The molecule has 0 bridgehead atoms. The van der Waals surface area contributed by atoms with Gasteiger partial charge in [0.25, 0.3) is 0 Å². The van der Waals surface area contributed by atoms with Crippen LogP contribution >= 0.6 is 0 Å². The first-order valence-electron chi connectivity index (χ1n) is 4.68. The standard InChI is InChI=1S/C13H10FO.BrH.Mg/c14-12-8-6-11(7-9-12)10-15-13-4-2-1-3-5-13;;/h2-9H,10H2;1H;/q-1;;+2/p-1. The zero-order valence-corrected chi connectivity index (χ0v) is 12.2. The number of hydrogen-bond acceptors (Lipinski definition) is 1. The van der Waals surface area contributed by atoms with Gasteiger partial charge in [0.2, 0.25) is 0 Å². The van der Waals surface area contributed by atoms with Crippen molar-refractivity contribution in [2.45, 2.75) is 6.61 Å². The quantitative estimate of drug-likeness (QED) is 0.565. The van der Waals surface area contributed by atoms with Crippen molar-refractivity contribution in [3.63, 3.8) is 0 Å². The molecule has 0 saturated heterocycles. The molecule has 0 amide bonds. The Morgan fingerprint density at radius 3 is 2.18 bits per heavy atom. The van der Waals surface area contributed by atoms with Gasteiger partial charge in [0.15, 0.2) is 0 Å². The summed E-state index contributed by atoms with van der Waals surface area (Å²) in [5.41, 5.74) is 0.948. The molecule has 0 unspecified atom stereocenters. The first-order chi connectivity index (χ1) is 7.34. The second kappa shape index (κ2) is 8.50. The van der Waals surface area contributed by atoms with Gasteiger partial charge in [-0.3, -0.25) is 0 Å². The Hall–Kier alpha value is -0.584. The van der Waals surface area contributed by atoms with Gasteiger partial charge in [0.05, 0.1) is 0 Å². The van der Waals surface area contributed by atoms with Crippen LogP contribution < -0.4 is 21.7 Å². The third-order valence-electron chi connectivity index (χ3n) is 2.01. The van der Waals surface area contributed by atoms with E-state index in [9.17, 15) is 4.39 Å². The second-order valence-electron chi connectivity index (χ2n) is 3.15. The van der Waals surface area contributed by atoms with Crippen LogP contribution in [0.15, 0.2) is 48.5 Å². The first kappa shape index (κ1) is 16.4.